The normalized spacial score (nSPS) is 17.9. The van der Waals surface area contributed by atoms with Crippen molar-refractivity contribution in [1.82, 2.24) is 4.90 Å². The highest BCUT2D eigenvalue weighted by Crippen LogP contribution is 2.39. The fraction of sp³-hybridized carbons (Fsp3) is 0.120. The number of carbonyl (C=O) groups excluding carboxylic acids is 2. The molecule has 0 spiro atoms. The Hall–Kier alpha value is -3.00. The van der Waals surface area contributed by atoms with E-state index in [9.17, 15) is 19.1 Å². The number of amides is 1. The third-order valence-electron chi connectivity index (χ3n) is 5.33. The van der Waals surface area contributed by atoms with Crippen LogP contribution in [0.3, 0.4) is 0 Å². The lowest BCUT2D eigenvalue weighted by molar-refractivity contribution is -0.139. The van der Waals surface area contributed by atoms with Crippen LogP contribution in [0.5, 0.6) is 0 Å². The van der Waals surface area contributed by atoms with Gasteiger partial charge in [0.1, 0.15) is 11.6 Å². The number of ketones is 1. The molecule has 3 aromatic rings. The molecule has 0 radical (unpaired) electrons. The van der Waals surface area contributed by atoms with Crippen LogP contribution < -0.4 is 0 Å². The van der Waals surface area contributed by atoms with Gasteiger partial charge in [0.25, 0.3) is 11.7 Å². The minimum absolute atomic E-state index is 0.0193. The van der Waals surface area contributed by atoms with Crippen molar-refractivity contribution in [3.05, 3.63) is 111 Å². The summed E-state index contributed by atoms with van der Waals surface area (Å²) in [7, 11) is 0. The van der Waals surface area contributed by atoms with Crippen LogP contribution >= 0.6 is 22.6 Å². The molecule has 1 aliphatic heterocycles. The van der Waals surface area contributed by atoms with E-state index in [4.69, 9.17) is 0 Å². The monoisotopic (exact) mass is 527 g/mol. The average Bonchev–Trinajstić information content (AvgIpc) is 3.04. The number of rotatable bonds is 5. The van der Waals surface area contributed by atoms with E-state index in [1.165, 1.54) is 29.2 Å². The third kappa shape index (κ3) is 4.39. The fourth-order valence-electron chi connectivity index (χ4n) is 3.76. The van der Waals surface area contributed by atoms with Gasteiger partial charge < -0.3 is 10.0 Å². The third-order valence-corrected chi connectivity index (χ3v) is 6.05. The molecule has 4 nitrogen and oxygen atoms in total. The molecule has 0 saturated carbocycles. The van der Waals surface area contributed by atoms with E-state index in [0.29, 0.717) is 13.0 Å². The zero-order chi connectivity index (χ0) is 22.0. The lowest BCUT2D eigenvalue weighted by Crippen LogP contribution is -2.31. The Morgan fingerprint density at radius 3 is 2.23 bits per heavy atom. The highest BCUT2D eigenvalue weighted by atomic mass is 127. The molecular weight excluding hydrogens is 508 g/mol. The van der Waals surface area contributed by atoms with Crippen molar-refractivity contribution in [3.63, 3.8) is 0 Å². The lowest BCUT2D eigenvalue weighted by atomic mass is 9.95. The number of aliphatic hydroxyl groups is 1. The summed E-state index contributed by atoms with van der Waals surface area (Å²) in [5.74, 6) is -2.14. The van der Waals surface area contributed by atoms with E-state index in [1.807, 2.05) is 54.6 Å². The Morgan fingerprint density at radius 1 is 0.935 bits per heavy atom. The summed E-state index contributed by atoms with van der Waals surface area (Å²) in [4.78, 5) is 27.4. The number of hydrogen-bond donors (Lipinski definition) is 1. The lowest BCUT2D eigenvalue weighted by Gasteiger charge is -2.25. The number of aliphatic hydroxyl groups excluding tert-OH is 1. The predicted octanol–water partition coefficient (Wildman–Crippen LogP) is 5.09. The molecule has 3 aromatic carbocycles. The predicted molar refractivity (Wildman–Crippen MR) is 125 cm³/mol. The van der Waals surface area contributed by atoms with Crippen LogP contribution in [0.15, 0.2) is 84.4 Å². The Kier molecular flexibility index (Phi) is 6.18. The first-order valence-electron chi connectivity index (χ1n) is 9.79. The van der Waals surface area contributed by atoms with Crippen LogP contribution in [0.2, 0.25) is 0 Å². The van der Waals surface area contributed by atoms with Crippen molar-refractivity contribution in [3.8, 4) is 0 Å². The van der Waals surface area contributed by atoms with Gasteiger partial charge in [0.05, 0.1) is 11.6 Å². The van der Waals surface area contributed by atoms with Crippen molar-refractivity contribution in [2.24, 2.45) is 0 Å². The van der Waals surface area contributed by atoms with Crippen LogP contribution in [-0.4, -0.2) is 28.2 Å². The number of nitrogens with zero attached hydrogens (tertiary/aromatic N) is 1. The molecule has 1 atom stereocenters. The number of carbonyl (C=O) groups is 2. The quantitative estimate of drug-likeness (QED) is 0.218. The van der Waals surface area contributed by atoms with Crippen molar-refractivity contribution < 1.29 is 19.1 Å². The maximum absolute atomic E-state index is 13.3. The number of Topliss-reactive ketones (excluding diaryl/α,β-unsaturated/α-hetero) is 1. The molecule has 1 aliphatic rings. The first-order chi connectivity index (χ1) is 15.0. The van der Waals surface area contributed by atoms with Crippen LogP contribution in [-0.2, 0) is 16.0 Å². The highest BCUT2D eigenvalue weighted by Gasteiger charge is 2.45. The second-order valence-electron chi connectivity index (χ2n) is 7.29. The molecule has 1 amide bonds. The van der Waals surface area contributed by atoms with E-state index < -0.39 is 23.5 Å². The summed E-state index contributed by atoms with van der Waals surface area (Å²) in [6.45, 7) is 0.325. The highest BCUT2D eigenvalue weighted by molar-refractivity contribution is 14.1. The second kappa shape index (κ2) is 9.01. The van der Waals surface area contributed by atoms with E-state index in [0.717, 1.165) is 14.7 Å². The molecular formula is C25H19FINO3. The van der Waals surface area contributed by atoms with Gasteiger partial charge in [-0.15, -0.1) is 0 Å². The molecule has 31 heavy (non-hydrogen) atoms. The molecule has 4 rings (SSSR count). The summed E-state index contributed by atoms with van der Waals surface area (Å²) in [5, 5.41) is 10.9. The largest absolute Gasteiger partial charge is 0.507 e. The van der Waals surface area contributed by atoms with E-state index >= 15 is 0 Å². The van der Waals surface area contributed by atoms with E-state index in [-0.39, 0.29) is 16.9 Å². The molecule has 1 saturated heterocycles. The zero-order valence-corrected chi connectivity index (χ0v) is 18.6. The first-order valence-corrected chi connectivity index (χ1v) is 10.9. The van der Waals surface area contributed by atoms with Crippen LogP contribution in [0.4, 0.5) is 4.39 Å². The van der Waals surface area contributed by atoms with Gasteiger partial charge in [-0.05, 0) is 76.5 Å². The molecule has 0 aromatic heterocycles. The molecule has 1 N–H and O–H groups in total. The number of benzene rings is 3. The Labute approximate surface area is 193 Å². The van der Waals surface area contributed by atoms with E-state index in [2.05, 4.69) is 22.6 Å². The zero-order valence-electron chi connectivity index (χ0n) is 16.5. The molecule has 0 bridgehead atoms. The van der Waals surface area contributed by atoms with Crippen molar-refractivity contribution >= 4 is 40.0 Å². The van der Waals surface area contributed by atoms with Gasteiger partial charge in [-0.25, -0.2) is 4.39 Å². The van der Waals surface area contributed by atoms with Gasteiger partial charge in [-0.1, -0.05) is 42.5 Å². The first kappa shape index (κ1) is 21.2. The average molecular weight is 527 g/mol. The topological polar surface area (TPSA) is 57.6 Å². The summed E-state index contributed by atoms with van der Waals surface area (Å²) < 4.78 is 14.4. The summed E-state index contributed by atoms with van der Waals surface area (Å²) in [5.41, 5.74) is 2.09. The molecule has 1 heterocycles. The molecule has 1 unspecified atom stereocenters. The van der Waals surface area contributed by atoms with Crippen LogP contribution in [0.1, 0.15) is 22.7 Å². The van der Waals surface area contributed by atoms with Gasteiger partial charge in [0.15, 0.2) is 0 Å². The molecule has 6 heteroatoms. The molecule has 156 valence electrons. The summed E-state index contributed by atoms with van der Waals surface area (Å²) >= 11 is 2.18. The Morgan fingerprint density at radius 2 is 1.58 bits per heavy atom. The Balaban J connectivity index is 1.78. The minimum atomic E-state index is -0.738. The summed E-state index contributed by atoms with van der Waals surface area (Å²) in [6.07, 6.45) is 0.575. The maximum Gasteiger partial charge on any atom is 0.295 e. The fourth-order valence-corrected chi connectivity index (χ4v) is 4.12. The second-order valence-corrected chi connectivity index (χ2v) is 8.53. The van der Waals surface area contributed by atoms with Crippen molar-refractivity contribution in [2.45, 2.75) is 12.5 Å². The Bertz CT molecular complexity index is 1140. The van der Waals surface area contributed by atoms with Crippen LogP contribution in [0.25, 0.3) is 5.76 Å². The van der Waals surface area contributed by atoms with Gasteiger partial charge >= 0.3 is 0 Å². The maximum atomic E-state index is 13.3. The van der Waals surface area contributed by atoms with Gasteiger partial charge in [-0.2, -0.15) is 0 Å². The summed E-state index contributed by atoms with van der Waals surface area (Å²) in [6, 6.07) is 21.7. The van der Waals surface area contributed by atoms with Crippen molar-refractivity contribution in [1.29, 1.82) is 0 Å². The standard InChI is InChI=1S/C25H19FINO3/c26-19-10-6-18(7-11-19)23(29)21-22(17-8-12-20(27)13-9-17)28(25(31)24(21)30)15-14-16-4-2-1-3-5-16/h1-13,22,29H,14-15H2. The molecule has 1 fully saturated rings. The van der Waals surface area contributed by atoms with Crippen molar-refractivity contribution in [2.75, 3.05) is 6.54 Å². The van der Waals surface area contributed by atoms with Crippen LogP contribution in [0, 0.1) is 9.39 Å². The smallest absolute Gasteiger partial charge is 0.295 e. The number of hydrogen-bond acceptors (Lipinski definition) is 3. The van der Waals surface area contributed by atoms with Gasteiger partial charge in [0.2, 0.25) is 0 Å². The number of likely N-dealkylation sites (tertiary alicyclic amines) is 1. The SMILES string of the molecule is O=C1C(=O)N(CCc2ccccc2)C(c2ccc(I)cc2)C1=C(O)c1ccc(F)cc1. The number of halogens is 2. The molecule has 0 aliphatic carbocycles. The minimum Gasteiger partial charge on any atom is -0.507 e. The van der Waals surface area contributed by atoms with E-state index in [1.54, 1.807) is 0 Å². The van der Waals surface area contributed by atoms with Gasteiger partial charge in [-0.3, -0.25) is 9.59 Å². The van der Waals surface area contributed by atoms with Gasteiger partial charge in [0, 0.05) is 15.7 Å².